The Morgan fingerprint density at radius 2 is 2.06 bits per heavy atom. The molecule has 1 unspecified atom stereocenters. The first-order chi connectivity index (χ1) is 8.28. The van der Waals surface area contributed by atoms with Crippen LogP contribution in [0.2, 0.25) is 5.02 Å². The third kappa shape index (κ3) is 5.60. The highest BCUT2D eigenvalue weighted by atomic mass is 35.5. The van der Waals surface area contributed by atoms with Crippen LogP contribution in [0.15, 0.2) is 18.2 Å². The molecular formula is C12H15ClF3NO. The lowest BCUT2D eigenvalue weighted by Crippen LogP contribution is -2.35. The van der Waals surface area contributed by atoms with Crippen LogP contribution in [0.5, 0.6) is 5.75 Å². The fourth-order valence-corrected chi connectivity index (χ4v) is 1.65. The van der Waals surface area contributed by atoms with Gasteiger partial charge in [-0.25, -0.2) is 0 Å². The van der Waals surface area contributed by atoms with Crippen LogP contribution < -0.4 is 10.1 Å². The third-order valence-corrected chi connectivity index (χ3v) is 2.46. The monoisotopic (exact) mass is 281 g/mol. The maximum absolute atomic E-state index is 11.9. The summed E-state index contributed by atoms with van der Waals surface area (Å²) in [6.45, 7) is 2.65. The van der Waals surface area contributed by atoms with Gasteiger partial charge in [-0.15, -0.1) is 0 Å². The molecule has 0 aliphatic carbocycles. The van der Waals surface area contributed by atoms with Gasteiger partial charge in [0, 0.05) is 11.6 Å². The summed E-state index contributed by atoms with van der Waals surface area (Å²) in [5, 5.41) is 2.90. The van der Waals surface area contributed by atoms with Crippen molar-refractivity contribution in [1.82, 2.24) is 5.32 Å². The Hall–Kier alpha value is -0.940. The molecule has 6 heteroatoms. The van der Waals surface area contributed by atoms with E-state index >= 15 is 0 Å². The smallest absolute Gasteiger partial charge is 0.401 e. The molecule has 1 rings (SSSR count). The van der Waals surface area contributed by atoms with Crippen molar-refractivity contribution in [2.45, 2.75) is 26.1 Å². The van der Waals surface area contributed by atoms with Gasteiger partial charge >= 0.3 is 6.18 Å². The molecule has 0 radical (unpaired) electrons. The van der Waals surface area contributed by atoms with Gasteiger partial charge in [-0.2, -0.15) is 13.2 Å². The van der Waals surface area contributed by atoms with Crippen LogP contribution in [0.4, 0.5) is 13.2 Å². The summed E-state index contributed by atoms with van der Waals surface area (Å²) in [6, 6.07) is 5.13. The van der Waals surface area contributed by atoms with E-state index in [0.29, 0.717) is 10.8 Å². The number of benzene rings is 1. The Kier molecular flexibility index (Phi) is 5.28. The van der Waals surface area contributed by atoms with Crippen molar-refractivity contribution in [3.05, 3.63) is 28.8 Å². The van der Waals surface area contributed by atoms with Crippen molar-refractivity contribution in [3.8, 4) is 5.75 Å². The van der Waals surface area contributed by atoms with Crippen molar-refractivity contribution in [1.29, 1.82) is 0 Å². The zero-order chi connectivity index (χ0) is 13.8. The zero-order valence-corrected chi connectivity index (χ0v) is 10.9. The second kappa shape index (κ2) is 6.29. The van der Waals surface area contributed by atoms with E-state index in [4.69, 9.17) is 16.3 Å². The number of alkyl halides is 3. The predicted molar refractivity (Wildman–Crippen MR) is 65.2 cm³/mol. The Bertz CT molecular complexity index is 395. The number of aryl methyl sites for hydroxylation is 1. The summed E-state index contributed by atoms with van der Waals surface area (Å²) in [7, 11) is 0. The largest absolute Gasteiger partial charge is 0.489 e. The summed E-state index contributed by atoms with van der Waals surface area (Å²) in [5.74, 6) is 0.626. The van der Waals surface area contributed by atoms with Crippen molar-refractivity contribution < 1.29 is 17.9 Å². The molecule has 0 spiro atoms. The first kappa shape index (κ1) is 15.1. The number of rotatable bonds is 5. The summed E-state index contributed by atoms with van der Waals surface area (Å²) in [5.41, 5.74) is 0.852. The van der Waals surface area contributed by atoms with E-state index in [9.17, 15) is 13.2 Å². The van der Waals surface area contributed by atoms with E-state index in [2.05, 4.69) is 5.32 Å². The van der Waals surface area contributed by atoms with E-state index in [0.717, 1.165) is 5.56 Å². The highest BCUT2D eigenvalue weighted by Crippen LogP contribution is 2.22. The molecule has 1 atom stereocenters. The van der Waals surface area contributed by atoms with Crippen LogP contribution in [0, 0.1) is 6.92 Å². The lowest BCUT2D eigenvalue weighted by Gasteiger charge is -2.17. The van der Waals surface area contributed by atoms with E-state index in [1.54, 1.807) is 25.1 Å². The molecular weight excluding hydrogens is 267 g/mol. The SMILES string of the molecule is Cc1cc(Cl)ccc1OC(C)CNCC(F)(F)F. The molecule has 1 aromatic rings. The average molecular weight is 282 g/mol. The zero-order valence-electron chi connectivity index (χ0n) is 10.1. The minimum atomic E-state index is -4.20. The van der Waals surface area contributed by atoms with Crippen LogP contribution in [-0.4, -0.2) is 25.4 Å². The third-order valence-electron chi connectivity index (χ3n) is 2.22. The van der Waals surface area contributed by atoms with Crippen molar-refractivity contribution in [3.63, 3.8) is 0 Å². The maximum Gasteiger partial charge on any atom is 0.401 e. The second-order valence-corrected chi connectivity index (χ2v) is 4.52. The normalized spacial score (nSPS) is 13.4. The van der Waals surface area contributed by atoms with Crippen molar-refractivity contribution >= 4 is 11.6 Å². The topological polar surface area (TPSA) is 21.3 Å². The van der Waals surface area contributed by atoms with Crippen LogP contribution >= 0.6 is 11.6 Å². The molecule has 0 aliphatic heterocycles. The molecule has 1 aromatic carbocycles. The van der Waals surface area contributed by atoms with Gasteiger partial charge in [-0.05, 0) is 37.6 Å². The van der Waals surface area contributed by atoms with Crippen LogP contribution in [0.1, 0.15) is 12.5 Å². The summed E-state index contributed by atoms with van der Waals surface area (Å²) >= 11 is 5.79. The standard InChI is InChI=1S/C12H15ClF3NO/c1-8-5-10(13)3-4-11(8)18-9(2)6-17-7-12(14,15)16/h3-5,9,17H,6-7H2,1-2H3. The van der Waals surface area contributed by atoms with Gasteiger partial charge in [0.1, 0.15) is 11.9 Å². The lowest BCUT2D eigenvalue weighted by atomic mass is 10.2. The highest BCUT2D eigenvalue weighted by molar-refractivity contribution is 6.30. The molecule has 0 saturated carbocycles. The number of halogens is 4. The van der Waals surface area contributed by atoms with Gasteiger partial charge in [0.05, 0.1) is 6.54 Å². The van der Waals surface area contributed by atoms with Gasteiger partial charge < -0.3 is 10.1 Å². The summed E-state index contributed by atoms with van der Waals surface area (Å²) in [6.07, 6.45) is -4.55. The molecule has 0 aromatic heterocycles. The van der Waals surface area contributed by atoms with E-state index in [1.807, 2.05) is 6.92 Å². The summed E-state index contributed by atoms with van der Waals surface area (Å²) < 4.78 is 41.3. The number of nitrogens with one attached hydrogen (secondary N) is 1. The van der Waals surface area contributed by atoms with Crippen LogP contribution in [0.3, 0.4) is 0 Å². The number of hydrogen-bond acceptors (Lipinski definition) is 2. The molecule has 0 fully saturated rings. The molecule has 102 valence electrons. The minimum absolute atomic E-state index is 0.127. The Morgan fingerprint density at radius 1 is 1.39 bits per heavy atom. The molecule has 0 amide bonds. The number of ether oxygens (including phenoxy) is 1. The van der Waals surface area contributed by atoms with Gasteiger partial charge in [0.2, 0.25) is 0 Å². The summed E-state index contributed by atoms with van der Waals surface area (Å²) in [4.78, 5) is 0. The van der Waals surface area contributed by atoms with Gasteiger partial charge in [-0.1, -0.05) is 11.6 Å². The van der Waals surface area contributed by atoms with E-state index in [-0.39, 0.29) is 12.6 Å². The molecule has 0 aliphatic rings. The van der Waals surface area contributed by atoms with Gasteiger partial charge in [-0.3, -0.25) is 0 Å². The maximum atomic E-state index is 11.9. The van der Waals surface area contributed by atoms with E-state index in [1.165, 1.54) is 0 Å². The Labute approximate surface area is 109 Å². The highest BCUT2D eigenvalue weighted by Gasteiger charge is 2.26. The predicted octanol–water partition coefficient (Wildman–Crippen LogP) is 3.57. The first-order valence-electron chi connectivity index (χ1n) is 5.48. The van der Waals surface area contributed by atoms with Gasteiger partial charge in [0.15, 0.2) is 0 Å². The molecule has 1 N–H and O–H groups in total. The fraction of sp³-hybridized carbons (Fsp3) is 0.500. The number of hydrogen-bond donors (Lipinski definition) is 1. The Balaban J connectivity index is 2.42. The minimum Gasteiger partial charge on any atom is -0.489 e. The van der Waals surface area contributed by atoms with Crippen LogP contribution in [0.25, 0.3) is 0 Å². The average Bonchev–Trinajstić information content (AvgIpc) is 2.20. The molecule has 18 heavy (non-hydrogen) atoms. The van der Waals surface area contributed by atoms with Gasteiger partial charge in [0.25, 0.3) is 0 Å². The molecule has 0 heterocycles. The van der Waals surface area contributed by atoms with Crippen LogP contribution in [-0.2, 0) is 0 Å². The quantitative estimate of drug-likeness (QED) is 0.891. The fourth-order valence-electron chi connectivity index (χ4n) is 1.42. The van der Waals surface area contributed by atoms with E-state index < -0.39 is 12.7 Å². The van der Waals surface area contributed by atoms with Crippen molar-refractivity contribution in [2.24, 2.45) is 0 Å². The van der Waals surface area contributed by atoms with Crippen molar-refractivity contribution in [2.75, 3.05) is 13.1 Å². The second-order valence-electron chi connectivity index (χ2n) is 4.08. The first-order valence-corrected chi connectivity index (χ1v) is 5.86. The Morgan fingerprint density at radius 3 is 2.61 bits per heavy atom. The molecule has 0 bridgehead atoms. The lowest BCUT2D eigenvalue weighted by molar-refractivity contribution is -0.125. The molecule has 2 nitrogen and oxygen atoms in total. The molecule has 0 saturated heterocycles.